The molecular weight excluding hydrogens is 270 g/mol. The number of carbonyl (C=O) groups is 2. The average molecular weight is 293 g/mol. The molecule has 5 nitrogen and oxygen atoms in total. The molecule has 0 bridgehead atoms. The number of nitrogens with one attached hydrogen (secondary N) is 1. The Balaban J connectivity index is 2.27. The number of aromatic hydroxyl groups is 1. The molecule has 0 spiro atoms. The fraction of sp³-hybridized carbons (Fsp3) is 0.500. The number of carbonyl (C=O) groups excluding carboxylic acids is 1. The Hall–Kier alpha value is -2.04. The van der Waals surface area contributed by atoms with E-state index in [0.29, 0.717) is 6.42 Å². The molecule has 116 valence electrons. The highest BCUT2D eigenvalue weighted by atomic mass is 16.4. The maximum absolute atomic E-state index is 11.8. The normalized spacial score (nSPS) is 13.4. The number of carboxylic acid groups (broad SMARTS) is 1. The van der Waals surface area contributed by atoms with E-state index in [0.717, 1.165) is 18.4 Å². The maximum atomic E-state index is 11.8. The third-order valence-electron chi connectivity index (χ3n) is 3.40. The molecule has 1 amide bonds. The molecule has 21 heavy (non-hydrogen) atoms. The Bertz CT molecular complexity index is 470. The van der Waals surface area contributed by atoms with Crippen molar-refractivity contribution in [3.05, 3.63) is 29.8 Å². The van der Waals surface area contributed by atoms with Gasteiger partial charge in [-0.25, -0.2) is 0 Å². The van der Waals surface area contributed by atoms with Crippen molar-refractivity contribution >= 4 is 11.9 Å². The molecule has 0 fully saturated rings. The average Bonchev–Trinajstić information content (AvgIpc) is 2.41. The second-order valence-electron chi connectivity index (χ2n) is 5.48. The van der Waals surface area contributed by atoms with Crippen LogP contribution in [0.5, 0.6) is 5.75 Å². The number of aliphatic carboxylic acids is 1. The summed E-state index contributed by atoms with van der Waals surface area (Å²) in [5.41, 5.74) is 0.844. The van der Waals surface area contributed by atoms with E-state index in [4.69, 9.17) is 5.11 Å². The minimum atomic E-state index is -0.779. The number of amides is 1. The zero-order valence-electron chi connectivity index (χ0n) is 12.5. The van der Waals surface area contributed by atoms with Crippen molar-refractivity contribution in [3.63, 3.8) is 0 Å². The molecule has 0 aliphatic carbocycles. The summed E-state index contributed by atoms with van der Waals surface area (Å²) in [5.74, 6) is -1.01. The highest BCUT2D eigenvalue weighted by Crippen LogP contribution is 2.11. The molecule has 0 saturated heterocycles. The van der Waals surface area contributed by atoms with Crippen molar-refractivity contribution in [3.8, 4) is 5.75 Å². The zero-order chi connectivity index (χ0) is 15.8. The van der Waals surface area contributed by atoms with Crippen LogP contribution in [-0.4, -0.2) is 28.1 Å². The summed E-state index contributed by atoms with van der Waals surface area (Å²) in [6, 6.07) is 6.57. The highest BCUT2D eigenvalue weighted by Gasteiger charge is 2.12. The van der Waals surface area contributed by atoms with Gasteiger partial charge >= 0.3 is 5.97 Å². The lowest BCUT2D eigenvalue weighted by molar-refractivity contribution is -0.141. The van der Waals surface area contributed by atoms with Gasteiger partial charge in [0.25, 0.3) is 0 Å². The maximum Gasteiger partial charge on any atom is 0.306 e. The van der Waals surface area contributed by atoms with Crippen molar-refractivity contribution < 1.29 is 19.8 Å². The standard InChI is InChI=1S/C16H23NO4/c1-11(16(20)21)4-3-5-12(2)17-15(19)10-13-6-8-14(18)9-7-13/h6-9,11-12,18H,3-5,10H2,1-2H3,(H,17,19)(H,20,21). The van der Waals surface area contributed by atoms with E-state index < -0.39 is 5.97 Å². The second-order valence-corrected chi connectivity index (χ2v) is 5.48. The van der Waals surface area contributed by atoms with Gasteiger partial charge in [0.05, 0.1) is 12.3 Å². The number of phenols is 1. The second kappa shape index (κ2) is 8.29. The summed E-state index contributed by atoms with van der Waals surface area (Å²) >= 11 is 0. The van der Waals surface area contributed by atoms with Crippen LogP contribution >= 0.6 is 0 Å². The van der Waals surface area contributed by atoms with Gasteiger partial charge in [-0.05, 0) is 37.5 Å². The largest absolute Gasteiger partial charge is 0.508 e. The van der Waals surface area contributed by atoms with Crippen LogP contribution < -0.4 is 5.32 Å². The lowest BCUT2D eigenvalue weighted by Gasteiger charge is -2.14. The van der Waals surface area contributed by atoms with Crippen molar-refractivity contribution in [2.24, 2.45) is 5.92 Å². The number of rotatable bonds is 8. The van der Waals surface area contributed by atoms with Crippen LogP contribution in [0, 0.1) is 5.92 Å². The van der Waals surface area contributed by atoms with Crippen molar-refractivity contribution in [1.82, 2.24) is 5.32 Å². The summed E-state index contributed by atoms with van der Waals surface area (Å²) in [7, 11) is 0. The monoisotopic (exact) mass is 293 g/mol. The molecule has 0 aromatic heterocycles. The summed E-state index contributed by atoms with van der Waals surface area (Å²) in [6.45, 7) is 3.61. The van der Waals surface area contributed by atoms with E-state index in [9.17, 15) is 14.7 Å². The Labute approximate surface area is 125 Å². The number of phenolic OH excluding ortho intramolecular Hbond substituents is 1. The molecule has 0 heterocycles. The van der Waals surface area contributed by atoms with Crippen LogP contribution in [-0.2, 0) is 16.0 Å². The van der Waals surface area contributed by atoms with E-state index in [2.05, 4.69) is 5.32 Å². The molecule has 2 unspecified atom stereocenters. The lowest BCUT2D eigenvalue weighted by Crippen LogP contribution is -2.33. The molecule has 2 atom stereocenters. The van der Waals surface area contributed by atoms with Gasteiger partial charge in [0.2, 0.25) is 5.91 Å². The van der Waals surface area contributed by atoms with Crippen molar-refractivity contribution in [2.45, 2.75) is 45.6 Å². The fourth-order valence-electron chi connectivity index (χ4n) is 2.05. The van der Waals surface area contributed by atoms with Gasteiger partial charge < -0.3 is 15.5 Å². The van der Waals surface area contributed by atoms with Gasteiger partial charge in [0.1, 0.15) is 5.75 Å². The summed E-state index contributed by atoms with van der Waals surface area (Å²) in [6.07, 6.45) is 2.43. The molecule has 1 aromatic rings. The van der Waals surface area contributed by atoms with Gasteiger partial charge in [0.15, 0.2) is 0 Å². The molecule has 0 saturated carbocycles. The molecule has 5 heteroatoms. The first-order valence-corrected chi connectivity index (χ1v) is 7.18. The minimum absolute atomic E-state index is 0.0237. The number of carboxylic acids is 1. The molecule has 1 rings (SSSR count). The highest BCUT2D eigenvalue weighted by molar-refractivity contribution is 5.78. The first-order chi connectivity index (χ1) is 9.88. The van der Waals surface area contributed by atoms with Gasteiger partial charge in [-0.3, -0.25) is 9.59 Å². The first-order valence-electron chi connectivity index (χ1n) is 7.18. The quantitative estimate of drug-likeness (QED) is 0.686. The molecule has 1 aromatic carbocycles. The Morgan fingerprint density at radius 1 is 1.14 bits per heavy atom. The van der Waals surface area contributed by atoms with Gasteiger partial charge in [-0.2, -0.15) is 0 Å². The molecule has 0 aliphatic heterocycles. The SMILES string of the molecule is CC(CCCC(C)C(=O)O)NC(=O)Cc1ccc(O)cc1. The topological polar surface area (TPSA) is 86.6 Å². The fourth-order valence-corrected chi connectivity index (χ4v) is 2.05. The van der Waals surface area contributed by atoms with Crippen molar-refractivity contribution in [1.29, 1.82) is 0 Å². The van der Waals surface area contributed by atoms with E-state index >= 15 is 0 Å². The number of hydrogen-bond donors (Lipinski definition) is 3. The van der Waals surface area contributed by atoms with Crippen LogP contribution in [0.4, 0.5) is 0 Å². The Morgan fingerprint density at radius 3 is 2.33 bits per heavy atom. The van der Waals surface area contributed by atoms with Crippen LogP contribution in [0.25, 0.3) is 0 Å². The van der Waals surface area contributed by atoms with E-state index in [1.165, 1.54) is 0 Å². The van der Waals surface area contributed by atoms with Gasteiger partial charge in [0, 0.05) is 6.04 Å². The molecule has 3 N–H and O–H groups in total. The Kier molecular flexibility index (Phi) is 6.72. The summed E-state index contributed by atoms with van der Waals surface area (Å²) in [5, 5.41) is 20.9. The van der Waals surface area contributed by atoms with Crippen LogP contribution in [0.15, 0.2) is 24.3 Å². The lowest BCUT2D eigenvalue weighted by atomic mass is 10.0. The predicted molar refractivity (Wildman–Crippen MR) is 80.1 cm³/mol. The number of hydrogen-bond acceptors (Lipinski definition) is 3. The van der Waals surface area contributed by atoms with Gasteiger partial charge in [-0.1, -0.05) is 25.5 Å². The van der Waals surface area contributed by atoms with Crippen LogP contribution in [0.3, 0.4) is 0 Å². The van der Waals surface area contributed by atoms with Gasteiger partial charge in [-0.15, -0.1) is 0 Å². The molecular formula is C16H23NO4. The zero-order valence-corrected chi connectivity index (χ0v) is 12.5. The van der Waals surface area contributed by atoms with E-state index in [-0.39, 0.29) is 30.0 Å². The Morgan fingerprint density at radius 2 is 1.76 bits per heavy atom. The third kappa shape index (κ3) is 6.79. The van der Waals surface area contributed by atoms with Crippen LogP contribution in [0.2, 0.25) is 0 Å². The van der Waals surface area contributed by atoms with E-state index in [1.807, 2.05) is 6.92 Å². The van der Waals surface area contributed by atoms with E-state index in [1.54, 1.807) is 31.2 Å². The summed E-state index contributed by atoms with van der Waals surface area (Å²) in [4.78, 5) is 22.5. The smallest absolute Gasteiger partial charge is 0.306 e. The summed E-state index contributed by atoms with van der Waals surface area (Å²) < 4.78 is 0. The predicted octanol–water partition coefficient (Wildman–Crippen LogP) is 2.33. The first kappa shape index (κ1) is 17.0. The minimum Gasteiger partial charge on any atom is -0.508 e. The van der Waals surface area contributed by atoms with Crippen LogP contribution in [0.1, 0.15) is 38.7 Å². The van der Waals surface area contributed by atoms with Crippen molar-refractivity contribution in [2.75, 3.05) is 0 Å². The molecule has 0 radical (unpaired) electrons. The molecule has 0 aliphatic rings. The number of benzene rings is 1. The third-order valence-corrected chi connectivity index (χ3v) is 3.40.